The van der Waals surface area contributed by atoms with Gasteiger partial charge in [0.15, 0.2) is 11.6 Å². The number of hydrogen-bond donors (Lipinski definition) is 2. The number of anilines is 1. The predicted octanol–water partition coefficient (Wildman–Crippen LogP) is 2.89. The molecule has 0 saturated heterocycles. The number of amides is 1. The molecule has 0 aliphatic rings. The number of benzene rings is 2. The van der Waals surface area contributed by atoms with Crippen molar-refractivity contribution in [3.05, 3.63) is 58.9 Å². The van der Waals surface area contributed by atoms with Gasteiger partial charge in [-0.2, -0.15) is 0 Å². The lowest BCUT2D eigenvalue weighted by atomic mass is 10.1. The molecule has 0 aliphatic heterocycles. The molecule has 110 valence electrons. The molecule has 0 radical (unpaired) electrons. The zero-order valence-electron chi connectivity index (χ0n) is 11.8. The van der Waals surface area contributed by atoms with E-state index >= 15 is 0 Å². The molecule has 0 aliphatic carbocycles. The summed E-state index contributed by atoms with van der Waals surface area (Å²) in [5.41, 5.74) is 2.33. The third kappa shape index (κ3) is 3.38. The van der Waals surface area contributed by atoms with Gasteiger partial charge in [0.1, 0.15) is 0 Å². The number of ether oxygens (including phenoxy) is 1. The summed E-state index contributed by atoms with van der Waals surface area (Å²) in [7, 11) is 1.36. The maximum absolute atomic E-state index is 13.6. The molecule has 0 unspecified atom stereocenters. The standard InChI is InChI=1S/C16H16FNO3/c1-10-3-4-11(9-19)7-14(10)18-16(20)12-5-6-15(21-2)13(17)8-12/h3-8,19H,9H2,1-2H3,(H,18,20). The third-order valence-corrected chi connectivity index (χ3v) is 3.15. The van der Waals surface area contributed by atoms with Gasteiger partial charge < -0.3 is 15.2 Å². The maximum atomic E-state index is 13.6. The number of carbonyl (C=O) groups excluding carboxylic acids is 1. The Labute approximate surface area is 122 Å². The minimum Gasteiger partial charge on any atom is -0.494 e. The van der Waals surface area contributed by atoms with Crippen LogP contribution in [0.25, 0.3) is 0 Å². The molecule has 2 rings (SSSR count). The first-order chi connectivity index (χ1) is 10.0. The lowest BCUT2D eigenvalue weighted by Crippen LogP contribution is -2.13. The molecule has 21 heavy (non-hydrogen) atoms. The van der Waals surface area contributed by atoms with E-state index in [1.807, 2.05) is 6.92 Å². The van der Waals surface area contributed by atoms with Gasteiger partial charge in [0, 0.05) is 11.3 Å². The smallest absolute Gasteiger partial charge is 0.255 e. The second kappa shape index (κ2) is 6.37. The summed E-state index contributed by atoms with van der Waals surface area (Å²) >= 11 is 0. The van der Waals surface area contributed by atoms with Gasteiger partial charge >= 0.3 is 0 Å². The number of aliphatic hydroxyl groups is 1. The van der Waals surface area contributed by atoms with Crippen LogP contribution in [0.5, 0.6) is 5.75 Å². The van der Waals surface area contributed by atoms with Crippen LogP contribution in [0.4, 0.5) is 10.1 Å². The molecule has 1 amide bonds. The van der Waals surface area contributed by atoms with Crippen molar-refractivity contribution in [3.8, 4) is 5.75 Å². The zero-order valence-corrected chi connectivity index (χ0v) is 11.8. The van der Waals surface area contributed by atoms with Crippen molar-refractivity contribution in [2.24, 2.45) is 0 Å². The summed E-state index contributed by atoms with van der Waals surface area (Å²) in [5, 5.41) is 11.8. The second-order valence-corrected chi connectivity index (χ2v) is 4.61. The molecule has 4 nitrogen and oxygen atoms in total. The monoisotopic (exact) mass is 289 g/mol. The van der Waals surface area contributed by atoms with Gasteiger partial charge in [-0.05, 0) is 42.3 Å². The topological polar surface area (TPSA) is 58.6 Å². The van der Waals surface area contributed by atoms with Crippen LogP contribution < -0.4 is 10.1 Å². The minimum atomic E-state index is -0.592. The summed E-state index contributed by atoms with van der Waals surface area (Å²) in [6.45, 7) is 1.73. The van der Waals surface area contributed by atoms with E-state index in [1.165, 1.54) is 19.2 Å². The lowest BCUT2D eigenvalue weighted by Gasteiger charge is -2.10. The summed E-state index contributed by atoms with van der Waals surface area (Å²) in [5.74, 6) is -0.925. The van der Waals surface area contributed by atoms with Gasteiger partial charge in [0.05, 0.1) is 13.7 Å². The molecule has 0 fully saturated rings. The number of aryl methyl sites for hydroxylation is 1. The van der Waals surface area contributed by atoms with Gasteiger partial charge in [-0.25, -0.2) is 4.39 Å². The van der Waals surface area contributed by atoms with Gasteiger partial charge in [-0.1, -0.05) is 12.1 Å². The third-order valence-electron chi connectivity index (χ3n) is 3.15. The Balaban J connectivity index is 2.23. The molecule has 0 heterocycles. The van der Waals surface area contributed by atoms with Crippen LogP contribution in [0.3, 0.4) is 0 Å². The highest BCUT2D eigenvalue weighted by Crippen LogP contribution is 2.21. The van der Waals surface area contributed by atoms with Crippen LogP contribution in [0.15, 0.2) is 36.4 Å². The van der Waals surface area contributed by atoms with E-state index in [2.05, 4.69) is 5.32 Å². The quantitative estimate of drug-likeness (QED) is 0.910. The van der Waals surface area contributed by atoms with Gasteiger partial charge in [-0.15, -0.1) is 0 Å². The summed E-state index contributed by atoms with van der Waals surface area (Å²) in [6, 6.07) is 9.28. The number of carbonyl (C=O) groups is 1. The molecular formula is C16H16FNO3. The first-order valence-corrected chi connectivity index (χ1v) is 6.40. The van der Waals surface area contributed by atoms with Gasteiger partial charge in [-0.3, -0.25) is 4.79 Å². The van der Waals surface area contributed by atoms with Crippen molar-refractivity contribution in [1.29, 1.82) is 0 Å². The van der Waals surface area contributed by atoms with E-state index in [-0.39, 0.29) is 17.9 Å². The van der Waals surface area contributed by atoms with Gasteiger partial charge in [0.2, 0.25) is 0 Å². The Morgan fingerprint density at radius 1 is 1.29 bits per heavy atom. The fourth-order valence-corrected chi connectivity index (χ4v) is 1.90. The van der Waals surface area contributed by atoms with Crippen molar-refractivity contribution >= 4 is 11.6 Å². The minimum absolute atomic E-state index is 0.0880. The van der Waals surface area contributed by atoms with E-state index in [4.69, 9.17) is 9.84 Å². The Morgan fingerprint density at radius 3 is 2.67 bits per heavy atom. The fraction of sp³-hybridized carbons (Fsp3) is 0.188. The molecule has 2 aromatic rings. The molecule has 0 bridgehead atoms. The van der Waals surface area contributed by atoms with E-state index in [1.54, 1.807) is 18.2 Å². The molecule has 0 aromatic heterocycles. The predicted molar refractivity (Wildman–Crippen MR) is 78.0 cm³/mol. The SMILES string of the molecule is COc1ccc(C(=O)Nc2cc(CO)ccc2C)cc1F. The second-order valence-electron chi connectivity index (χ2n) is 4.61. The number of hydrogen-bond acceptors (Lipinski definition) is 3. The first-order valence-electron chi connectivity index (χ1n) is 6.40. The van der Waals surface area contributed by atoms with E-state index in [0.29, 0.717) is 11.3 Å². The highest BCUT2D eigenvalue weighted by molar-refractivity contribution is 6.04. The van der Waals surface area contributed by atoms with Crippen LogP contribution >= 0.6 is 0 Å². The Bertz CT molecular complexity index is 671. The molecule has 2 aromatic carbocycles. The molecule has 0 saturated carbocycles. The van der Waals surface area contributed by atoms with Crippen LogP contribution in [-0.2, 0) is 6.61 Å². The lowest BCUT2D eigenvalue weighted by molar-refractivity contribution is 0.102. The Kier molecular flexibility index (Phi) is 4.55. The molecule has 0 spiro atoms. The number of halogens is 1. The Hall–Kier alpha value is -2.40. The summed E-state index contributed by atoms with van der Waals surface area (Å²) < 4.78 is 18.4. The highest BCUT2D eigenvalue weighted by atomic mass is 19.1. The number of rotatable bonds is 4. The average Bonchev–Trinajstić information content (AvgIpc) is 2.49. The number of aliphatic hydroxyl groups excluding tert-OH is 1. The van der Waals surface area contributed by atoms with E-state index < -0.39 is 11.7 Å². The zero-order chi connectivity index (χ0) is 15.4. The van der Waals surface area contributed by atoms with Crippen LogP contribution in [0, 0.1) is 12.7 Å². The number of nitrogens with one attached hydrogen (secondary N) is 1. The summed E-state index contributed by atoms with van der Waals surface area (Å²) in [4.78, 5) is 12.1. The van der Waals surface area contributed by atoms with E-state index in [9.17, 15) is 9.18 Å². The maximum Gasteiger partial charge on any atom is 0.255 e. The highest BCUT2D eigenvalue weighted by Gasteiger charge is 2.11. The molecule has 5 heteroatoms. The molecule has 0 atom stereocenters. The van der Waals surface area contributed by atoms with Crippen molar-refractivity contribution in [3.63, 3.8) is 0 Å². The average molecular weight is 289 g/mol. The van der Waals surface area contributed by atoms with Crippen LogP contribution in [0.2, 0.25) is 0 Å². The van der Waals surface area contributed by atoms with Gasteiger partial charge in [0.25, 0.3) is 5.91 Å². The first kappa shape index (κ1) is 15.0. The normalized spacial score (nSPS) is 10.3. The van der Waals surface area contributed by atoms with Crippen molar-refractivity contribution < 1.29 is 19.0 Å². The van der Waals surface area contributed by atoms with Crippen molar-refractivity contribution in [2.75, 3.05) is 12.4 Å². The summed E-state index contributed by atoms with van der Waals surface area (Å²) in [6.07, 6.45) is 0. The van der Waals surface area contributed by atoms with Crippen molar-refractivity contribution in [1.82, 2.24) is 0 Å². The number of methoxy groups -OCH3 is 1. The molecular weight excluding hydrogens is 273 g/mol. The van der Waals surface area contributed by atoms with E-state index in [0.717, 1.165) is 11.6 Å². The fourth-order valence-electron chi connectivity index (χ4n) is 1.90. The molecule has 2 N–H and O–H groups in total. The van der Waals surface area contributed by atoms with Crippen molar-refractivity contribution in [2.45, 2.75) is 13.5 Å². The Morgan fingerprint density at radius 2 is 2.05 bits per heavy atom. The largest absolute Gasteiger partial charge is 0.494 e. The van der Waals surface area contributed by atoms with Crippen LogP contribution in [-0.4, -0.2) is 18.1 Å². The van der Waals surface area contributed by atoms with Crippen LogP contribution in [0.1, 0.15) is 21.5 Å².